The molecule has 0 atom stereocenters. The average molecular weight is 241 g/mol. The van der Waals surface area contributed by atoms with E-state index in [1.54, 1.807) is 18.3 Å². The van der Waals surface area contributed by atoms with E-state index in [9.17, 15) is 0 Å². The van der Waals surface area contributed by atoms with E-state index in [0.29, 0.717) is 0 Å². The van der Waals surface area contributed by atoms with Crippen molar-refractivity contribution in [3.8, 4) is 0 Å². The second-order valence-corrected chi connectivity index (χ2v) is 3.40. The fraction of sp³-hybridized carbons (Fsp3) is 0.111. The summed E-state index contributed by atoms with van der Waals surface area (Å²) < 4.78 is 0.956. The van der Waals surface area contributed by atoms with Gasteiger partial charge in [0.2, 0.25) is 0 Å². The van der Waals surface area contributed by atoms with E-state index in [1.807, 2.05) is 13.0 Å². The highest BCUT2D eigenvalue weighted by Crippen LogP contribution is 2.13. The predicted molar refractivity (Wildman–Crippen MR) is 56.0 cm³/mol. The summed E-state index contributed by atoms with van der Waals surface area (Å²) in [5.74, 6) is 0. The zero-order chi connectivity index (χ0) is 9.68. The maximum absolute atomic E-state index is 8.15. The predicted octanol–water partition coefficient (Wildman–Crippen LogP) is 2.63. The Morgan fingerprint density at radius 1 is 1.62 bits per heavy atom. The first-order valence-corrected chi connectivity index (χ1v) is 4.49. The molecule has 0 aliphatic carbocycles. The van der Waals surface area contributed by atoms with Crippen molar-refractivity contribution in [1.29, 1.82) is 0 Å². The molecule has 0 aliphatic rings. The van der Waals surface area contributed by atoms with Crippen LogP contribution in [0.5, 0.6) is 0 Å². The van der Waals surface area contributed by atoms with Crippen molar-refractivity contribution in [3.63, 3.8) is 0 Å². The Balaban J connectivity index is 2.89. The molecule has 0 saturated heterocycles. The quantitative estimate of drug-likeness (QED) is 0.491. The molecule has 1 aromatic heterocycles. The number of nitrogens with zero attached hydrogens (tertiary/aromatic N) is 2. The Morgan fingerprint density at radius 2 is 2.38 bits per heavy atom. The molecular formula is C9H9BrN2O. The molecule has 1 aromatic rings. The Labute approximate surface area is 84.9 Å². The molecule has 1 N–H and O–H groups in total. The summed E-state index contributed by atoms with van der Waals surface area (Å²) >= 11 is 3.33. The van der Waals surface area contributed by atoms with Crippen LogP contribution >= 0.6 is 15.9 Å². The van der Waals surface area contributed by atoms with E-state index in [-0.39, 0.29) is 0 Å². The minimum absolute atomic E-state index is 0.864. The maximum Gasteiger partial charge on any atom is 0.0662 e. The number of allylic oxidation sites excluding steroid dienone is 1. The third-order valence-electron chi connectivity index (χ3n) is 1.49. The van der Waals surface area contributed by atoms with Crippen LogP contribution in [0.3, 0.4) is 0 Å². The van der Waals surface area contributed by atoms with Crippen molar-refractivity contribution in [2.75, 3.05) is 0 Å². The topological polar surface area (TPSA) is 45.5 Å². The highest BCUT2D eigenvalue weighted by atomic mass is 79.9. The summed E-state index contributed by atoms with van der Waals surface area (Å²) in [6.45, 7) is 1.97. The van der Waals surface area contributed by atoms with Gasteiger partial charge in [0.1, 0.15) is 0 Å². The average Bonchev–Trinajstić information content (AvgIpc) is 2.09. The lowest BCUT2D eigenvalue weighted by molar-refractivity contribution is 0.322. The van der Waals surface area contributed by atoms with Crippen molar-refractivity contribution in [2.45, 2.75) is 6.92 Å². The fourth-order valence-corrected chi connectivity index (χ4v) is 1.34. The lowest BCUT2D eigenvalue weighted by Crippen LogP contribution is -1.85. The van der Waals surface area contributed by atoms with Crippen molar-refractivity contribution >= 4 is 28.2 Å². The third-order valence-corrected chi connectivity index (χ3v) is 1.93. The minimum atomic E-state index is 0.864. The van der Waals surface area contributed by atoms with E-state index < -0.39 is 0 Å². The van der Waals surface area contributed by atoms with Crippen molar-refractivity contribution in [2.24, 2.45) is 5.16 Å². The third kappa shape index (κ3) is 2.99. The van der Waals surface area contributed by atoms with E-state index in [0.717, 1.165) is 15.7 Å². The van der Waals surface area contributed by atoms with Crippen molar-refractivity contribution < 1.29 is 5.21 Å². The lowest BCUT2D eigenvalue weighted by atomic mass is 10.2. The summed E-state index contributed by atoms with van der Waals surface area (Å²) in [5, 5.41) is 11.0. The molecule has 0 radical (unpaired) electrons. The molecule has 4 heteroatoms. The van der Waals surface area contributed by atoms with Crippen LogP contribution in [0.15, 0.2) is 28.0 Å². The molecule has 0 fully saturated rings. The van der Waals surface area contributed by atoms with Gasteiger partial charge in [-0.1, -0.05) is 5.16 Å². The van der Waals surface area contributed by atoms with Crippen LogP contribution in [0.1, 0.15) is 11.3 Å². The highest BCUT2D eigenvalue weighted by Gasteiger charge is 1.95. The van der Waals surface area contributed by atoms with Gasteiger partial charge in [0.05, 0.1) is 11.9 Å². The number of pyridine rings is 1. The van der Waals surface area contributed by atoms with Gasteiger partial charge in [-0.25, -0.2) is 0 Å². The molecule has 13 heavy (non-hydrogen) atoms. The Hall–Kier alpha value is -1.16. The van der Waals surface area contributed by atoms with E-state index >= 15 is 0 Å². The number of rotatable bonds is 2. The normalized spacial score (nSPS) is 11.5. The molecular weight excluding hydrogens is 232 g/mol. The van der Waals surface area contributed by atoms with Crippen LogP contribution in [0.25, 0.3) is 6.08 Å². The van der Waals surface area contributed by atoms with Crippen LogP contribution in [0.4, 0.5) is 0 Å². The smallest absolute Gasteiger partial charge is 0.0662 e. The van der Waals surface area contributed by atoms with E-state index in [4.69, 9.17) is 5.21 Å². The molecule has 0 spiro atoms. The van der Waals surface area contributed by atoms with Gasteiger partial charge in [-0.05, 0) is 46.6 Å². The monoisotopic (exact) mass is 240 g/mol. The number of hydrogen-bond acceptors (Lipinski definition) is 3. The summed E-state index contributed by atoms with van der Waals surface area (Å²) in [6, 6.07) is 1.97. The number of oxime groups is 1. The van der Waals surface area contributed by atoms with Gasteiger partial charge in [-0.15, -0.1) is 0 Å². The molecule has 1 heterocycles. The molecule has 68 valence electrons. The van der Waals surface area contributed by atoms with Gasteiger partial charge < -0.3 is 5.21 Å². The first-order valence-electron chi connectivity index (χ1n) is 3.70. The standard InChI is InChI=1S/C9H9BrN2O/c1-7-5-8(10)6-11-9(7)3-2-4-12-13/h2-6,13H,1H3/b3-2-,12-4+. The van der Waals surface area contributed by atoms with Gasteiger partial charge in [-0.3, -0.25) is 4.98 Å². The fourth-order valence-electron chi connectivity index (χ4n) is 0.898. The zero-order valence-electron chi connectivity index (χ0n) is 7.11. The Kier molecular flexibility index (Phi) is 3.64. The molecule has 1 rings (SSSR count). The van der Waals surface area contributed by atoms with Crippen LogP contribution in [0, 0.1) is 6.92 Å². The Bertz CT molecular complexity index is 347. The number of aryl methyl sites for hydroxylation is 1. The van der Waals surface area contributed by atoms with Gasteiger partial charge in [0.25, 0.3) is 0 Å². The molecule has 0 unspecified atom stereocenters. The number of aromatic nitrogens is 1. The lowest BCUT2D eigenvalue weighted by Gasteiger charge is -1.98. The molecule has 0 saturated carbocycles. The van der Waals surface area contributed by atoms with E-state index in [1.165, 1.54) is 6.21 Å². The van der Waals surface area contributed by atoms with Crippen LogP contribution < -0.4 is 0 Å². The zero-order valence-corrected chi connectivity index (χ0v) is 8.69. The second kappa shape index (κ2) is 4.77. The first kappa shape index (κ1) is 9.92. The maximum atomic E-state index is 8.15. The van der Waals surface area contributed by atoms with Gasteiger partial charge in [0, 0.05) is 10.7 Å². The van der Waals surface area contributed by atoms with Gasteiger partial charge in [0.15, 0.2) is 0 Å². The van der Waals surface area contributed by atoms with Gasteiger partial charge >= 0.3 is 0 Å². The van der Waals surface area contributed by atoms with Crippen LogP contribution in [0.2, 0.25) is 0 Å². The van der Waals surface area contributed by atoms with Crippen molar-refractivity contribution in [3.05, 3.63) is 34.1 Å². The van der Waals surface area contributed by atoms with Crippen LogP contribution in [-0.2, 0) is 0 Å². The molecule has 0 bridgehead atoms. The largest absolute Gasteiger partial charge is 0.411 e. The second-order valence-electron chi connectivity index (χ2n) is 2.48. The summed E-state index contributed by atoms with van der Waals surface area (Å²) in [5.41, 5.74) is 1.93. The summed E-state index contributed by atoms with van der Waals surface area (Å²) in [7, 11) is 0. The van der Waals surface area contributed by atoms with E-state index in [2.05, 4.69) is 26.1 Å². The summed E-state index contributed by atoms with van der Waals surface area (Å²) in [4.78, 5) is 4.17. The minimum Gasteiger partial charge on any atom is -0.411 e. The number of halogens is 1. The Morgan fingerprint density at radius 3 is 3.00 bits per heavy atom. The highest BCUT2D eigenvalue weighted by molar-refractivity contribution is 9.10. The molecule has 0 aliphatic heterocycles. The SMILES string of the molecule is Cc1cc(Br)cnc1/C=C\C=N\O. The number of hydrogen-bond donors (Lipinski definition) is 1. The van der Waals surface area contributed by atoms with Crippen molar-refractivity contribution in [1.82, 2.24) is 4.98 Å². The molecule has 3 nitrogen and oxygen atoms in total. The molecule has 0 amide bonds. The first-order chi connectivity index (χ1) is 6.24. The molecule has 0 aromatic carbocycles. The van der Waals surface area contributed by atoms with Gasteiger partial charge in [-0.2, -0.15) is 0 Å². The summed E-state index contributed by atoms with van der Waals surface area (Å²) in [6.07, 6.45) is 6.43. The van der Waals surface area contributed by atoms with Crippen LogP contribution in [-0.4, -0.2) is 16.4 Å².